The minimum Gasteiger partial charge on any atom is -0.441 e. The number of nitrogens with zero attached hydrogens (tertiary/aromatic N) is 3. The van der Waals surface area contributed by atoms with E-state index in [0.29, 0.717) is 62.9 Å². The summed E-state index contributed by atoms with van der Waals surface area (Å²) >= 11 is 0. The van der Waals surface area contributed by atoms with Crippen LogP contribution in [0.5, 0.6) is 0 Å². The number of hydrogen-bond acceptors (Lipinski definition) is 11. The number of esters is 1. The molecule has 0 aliphatic carbocycles. The number of carbonyl (C=O) groups excluding carboxylic acids is 4. The summed E-state index contributed by atoms with van der Waals surface area (Å²) in [5.41, 5.74) is 7.79. The molecule has 370 valence electrons. The number of fused-ring (bicyclic) bond motifs is 8. The quantitative estimate of drug-likeness (QED) is 0.0441. The third-order valence-electron chi connectivity index (χ3n) is 13.2. The van der Waals surface area contributed by atoms with E-state index >= 15 is 0 Å². The van der Waals surface area contributed by atoms with Crippen LogP contribution in [-0.4, -0.2) is 126 Å². The van der Waals surface area contributed by atoms with Gasteiger partial charge in [-0.05, 0) is 76.6 Å². The highest BCUT2D eigenvalue weighted by atomic mass is 28.3. The van der Waals surface area contributed by atoms with Gasteiger partial charge in [-0.2, -0.15) is 0 Å². The Balaban J connectivity index is 0.709. The molecule has 3 aliphatic rings. The lowest BCUT2D eigenvalue weighted by atomic mass is 9.78. The van der Waals surface area contributed by atoms with E-state index < -0.39 is 19.6 Å². The maximum atomic E-state index is 13.7. The number of benzene rings is 5. The van der Waals surface area contributed by atoms with Crippen LogP contribution in [0.1, 0.15) is 66.9 Å². The maximum absolute atomic E-state index is 13.7. The van der Waals surface area contributed by atoms with E-state index in [9.17, 15) is 19.2 Å². The summed E-state index contributed by atoms with van der Waals surface area (Å²) in [6.07, 6.45) is 0.324. The molecule has 0 fully saturated rings. The first-order valence-electron chi connectivity index (χ1n) is 24.2. The standard InChI is InChI=1S/C56H63N5O9Si/c1-59(2)43-18-21-46-50(36-43)71(5,6)51-37-44(60(3)4)19-22-47(51)56(46)48-35-41(17-20-45(48)55(65)70-56)54(64)58-26-28-67-30-32-69-34-33-68-31-29-66-27-24-52(62)57-25-23-53(63)61-38-42-13-8-7-11-39(42)15-16-40-12-9-10-14-49(40)61/h7-14,17-22,35-37H,23-34,38H2,1-6H3,(H,57,62)(H,58,64). The van der Waals surface area contributed by atoms with Gasteiger partial charge in [-0.1, -0.05) is 67.4 Å². The molecule has 15 heteroatoms. The van der Waals surface area contributed by atoms with Crippen molar-refractivity contribution in [3.8, 4) is 11.8 Å². The summed E-state index contributed by atoms with van der Waals surface area (Å²) in [7, 11) is 5.79. The predicted molar refractivity (Wildman–Crippen MR) is 278 cm³/mol. The second-order valence-corrected chi connectivity index (χ2v) is 23.0. The van der Waals surface area contributed by atoms with Crippen LogP contribution >= 0.6 is 0 Å². The average Bonchev–Trinajstić information content (AvgIpc) is 3.66. The lowest BCUT2D eigenvalue weighted by molar-refractivity contribution is -0.122. The first-order chi connectivity index (χ1) is 34.3. The topological polar surface area (TPSA) is 148 Å². The normalized spacial score (nSPS) is 14.3. The Morgan fingerprint density at radius 2 is 1.23 bits per heavy atom. The molecule has 0 unspecified atom stereocenters. The molecular formula is C56H63N5O9Si. The van der Waals surface area contributed by atoms with E-state index in [2.05, 4.69) is 81.8 Å². The zero-order valence-electron chi connectivity index (χ0n) is 41.5. The number of carbonyl (C=O) groups is 4. The molecule has 14 nitrogen and oxygen atoms in total. The summed E-state index contributed by atoms with van der Waals surface area (Å²) < 4.78 is 29.0. The molecule has 0 atom stereocenters. The van der Waals surface area contributed by atoms with Crippen LogP contribution in [-0.2, 0) is 45.4 Å². The molecule has 1 spiro atoms. The van der Waals surface area contributed by atoms with Crippen LogP contribution in [0.25, 0.3) is 0 Å². The van der Waals surface area contributed by atoms with Crippen LogP contribution in [0.3, 0.4) is 0 Å². The van der Waals surface area contributed by atoms with E-state index in [0.717, 1.165) is 44.9 Å². The summed E-state index contributed by atoms with van der Waals surface area (Å²) in [6, 6.07) is 33.4. The molecule has 71 heavy (non-hydrogen) atoms. The third kappa shape index (κ3) is 11.1. The van der Waals surface area contributed by atoms with Gasteiger partial charge in [-0.15, -0.1) is 0 Å². The van der Waals surface area contributed by atoms with Gasteiger partial charge in [-0.3, -0.25) is 14.4 Å². The fourth-order valence-electron chi connectivity index (χ4n) is 9.37. The Kier molecular flexibility index (Phi) is 16.0. The molecule has 0 aromatic heterocycles. The van der Waals surface area contributed by atoms with Gasteiger partial charge in [0, 0.05) is 98.9 Å². The van der Waals surface area contributed by atoms with Crippen molar-refractivity contribution in [3.63, 3.8) is 0 Å². The van der Waals surface area contributed by atoms with Gasteiger partial charge in [0.25, 0.3) is 5.91 Å². The fraction of sp³-hybridized carbons (Fsp3) is 0.357. The maximum Gasteiger partial charge on any atom is 0.340 e. The van der Waals surface area contributed by atoms with Gasteiger partial charge in [0.1, 0.15) is 8.07 Å². The van der Waals surface area contributed by atoms with Crippen molar-refractivity contribution >= 4 is 59.2 Å². The van der Waals surface area contributed by atoms with Crippen molar-refractivity contribution in [2.45, 2.75) is 38.1 Å². The van der Waals surface area contributed by atoms with Gasteiger partial charge >= 0.3 is 5.97 Å². The van der Waals surface area contributed by atoms with Crippen LogP contribution in [0.4, 0.5) is 17.1 Å². The summed E-state index contributed by atoms with van der Waals surface area (Å²) in [5.74, 6) is 5.45. The monoisotopic (exact) mass is 977 g/mol. The second-order valence-electron chi connectivity index (χ2n) is 18.7. The molecule has 8 rings (SSSR count). The summed E-state index contributed by atoms with van der Waals surface area (Å²) in [5, 5.41) is 8.17. The minimum absolute atomic E-state index is 0.0953. The number of rotatable bonds is 21. The van der Waals surface area contributed by atoms with Gasteiger partial charge in [-0.25, -0.2) is 4.79 Å². The zero-order chi connectivity index (χ0) is 50.1. The molecule has 3 amide bonds. The van der Waals surface area contributed by atoms with Gasteiger partial charge < -0.3 is 49.0 Å². The number of ether oxygens (including phenoxy) is 5. The highest BCUT2D eigenvalue weighted by Gasteiger charge is 2.56. The Labute approximate surface area is 417 Å². The molecule has 0 radical (unpaired) electrons. The lowest BCUT2D eigenvalue weighted by Crippen LogP contribution is -2.63. The first kappa shape index (κ1) is 50.6. The van der Waals surface area contributed by atoms with E-state index in [1.807, 2.05) is 82.8 Å². The Hall–Kier alpha value is -6.80. The van der Waals surface area contributed by atoms with Gasteiger partial charge in [0.15, 0.2) is 5.60 Å². The highest BCUT2D eigenvalue weighted by molar-refractivity contribution is 7.01. The van der Waals surface area contributed by atoms with Crippen molar-refractivity contribution in [2.24, 2.45) is 0 Å². The van der Waals surface area contributed by atoms with E-state index in [-0.39, 0.29) is 56.9 Å². The van der Waals surface area contributed by atoms with Crippen molar-refractivity contribution in [1.29, 1.82) is 0 Å². The molecule has 5 aromatic carbocycles. The molecule has 0 bridgehead atoms. The molecule has 5 aromatic rings. The van der Waals surface area contributed by atoms with E-state index in [1.54, 1.807) is 17.0 Å². The molecule has 0 saturated carbocycles. The smallest absolute Gasteiger partial charge is 0.340 e. The second kappa shape index (κ2) is 22.5. The number of amides is 3. The predicted octanol–water partition coefficient (Wildman–Crippen LogP) is 5.06. The lowest BCUT2D eigenvalue weighted by Gasteiger charge is -2.44. The molecular weight excluding hydrogens is 915 g/mol. The van der Waals surface area contributed by atoms with Crippen molar-refractivity contribution in [3.05, 3.63) is 148 Å². The number of nitrogens with one attached hydrogen (secondary N) is 2. The number of para-hydroxylation sites is 1. The number of hydrogen-bond donors (Lipinski definition) is 2. The largest absolute Gasteiger partial charge is 0.441 e. The van der Waals surface area contributed by atoms with E-state index in [4.69, 9.17) is 23.7 Å². The van der Waals surface area contributed by atoms with Crippen LogP contribution in [0, 0.1) is 11.8 Å². The number of anilines is 3. The van der Waals surface area contributed by atoms with Crippen LogP contribution < -0.4 is 35.7 Å². The molecule has 2 N–H and O–H groups in total. The van der Waals surface area contributed by atoms with Crippen LogP contribution in [0.15, 0.2) is 103 Å². The Bertz CT molecular complexity index is 2790. The minimum atomic E-state index is -2.31. The van der Waals surface area contributed by atoms with Crippen molar-refractivity contribution < 1.29 is 42.9 Å². The SMILES string of the molecule is CN(C)c1ccc2c(c1)[Si](C)(C)c1cc(N(C)C)ccc1C21OC(=O)c2ccc(C(=O)NCCOCCOCCOCCOCCC(=O)NCCC(=O)N3Cc4ccccc4C#Cc4ccccc43)cc21. The van der Waals surface area contributed by atoms with Crippen LogP contribution in [0.2, 0.25) is 13.1 Å². The Morgan fingerprint density at radius 1 is 0.648 bits per heavy atom. The van der Waals surface area contributed by atoms with Gasteiger partial charge in [0.05, 0.1) is 70.7 Å². The third-order valence-corrected chi connectivity index (χ3v) is 16.7. The van der Waals surface area contributed by atoms with E-state index in [1.165, 1.54) is 10.4 Å². The zero-order valence-corrected chi connectivity index (χ0v) is 42.5. The first-order valence-corrected chi connectivity index (χ1v) is 27.2. The summed E-state index contributed by atoms with van der Waals surface area (Å²) in [4.78, 5) is 59.1. The molecule has 3 aliphatic heterocycles. The Morgan fingerprint density at radius 3 is 1.87 bits per heavy atom. The summed E-state index contributed by atoms with van der Waals surface area (Å²) in [6.45, 7) is 8.24. The van der Waals surface area contributed by atoms with Gasteiger partial charge in [0.2, 0.25) is 11.8 Å². The molecule has 0 saturated heterocycles. The van der Waals surface area contributed by atoms with Crippen molar-refractivity contribution in [1.82, 2.24) is 10.6 Å². The molecule has 3 heterocycles. The van der Waals surface area contributed by atoms with Crippen molar-refractivity contribution in [2.75, 3.05) is 109 Å². The average molecular weight is 978 g/mol. The highest BCUT2D eigenvalue weighted by Crippen LogP contribution is 2.49. The fourth-order valence-corrected chi connectivity index (χ4v) is 12.5.